The van der Waals surface area contributed by atoms with Crippen molar-refractivity contribution in [2.24, 2.45) is 0 Å². The molecule has 0 amide bonds. The summed E-state index contributed by atoms with van der Waals surface area (Å²) in [5.74, 6) is 1.30. The van der Waals surface area contributed by atoms with Gasteiger partial charge in [-0.15, -0.1) is 10.2 Å². The van der Waals surface area contributed by atoms with Gasteiger partial charge in [0.25, 0.3) is 5.56 Å². The number of H-pyrrole nitrogens is 1. The van der Waals surface area contributed by atoms with Crippen molar-refractivity contribution in [3.8, 4) is 0 Å². The molecule has 1 saturated carbocycles. The standard InChI is InChI=1S/C11H9F3N4O2S/c12-11(13,14)6-3-7(19)16-10(15-6)21-4-8-17-18-9(20-8)5-1-2-5/h3,5H,1-2,4H2,(H,15,16,19). The molecule has 0 radical (unpaired) electrons. The molecule has 6 nitrogen and oxygen atoms in total. The van der Waals surface area contributed by atoms with E-state index in [1.807, 2.05) is 0 Å². The van der Waals surface area contributed by atoms with Crippen LogP contribution in [0.15, 0.2) is 20.4 Å². The van der Waals surface area contributed by atoms with E-state index in [1.54, 1.807) is 0 Å². The van der Waals surface area contributed by atoms with E-state index >= 15 is 0 Å². The van der Waals surface area contributed by atoms with Crippen molar-refractivity contribution in [2.45, 2.75) is 35.8 Å². The number of hydrogen-bond donors (Lipinski definition) is 1. The first-order valence-electron chi connectivity index (χ1n) is 6.05. The lowest BCUT2D eigenvalue weighted by atomic mass is 10.4. The molecular weight excluding hydrogens is 309 g/mol. The summed E-state index contributed by atoms with van der Waals surface area (Å²) in [5.41, 5.74) is -2.08. The molecule has 0 spiro atoms. The van der Waals surface area contributed by atoms with Gasteiger partial charge in [0.1, 0.15) is 0 Å². The molecule has 3 rings (SSSR count). The highest BCUT2D eigenvalue weighted by atomic mass is 32.2. The molecule has 21 heavy (non-hydrogen) atoms. The van der Waals surface area contributed by atoms with E-state index < -0.39 is 17.4 Å². The maximum Gasteiger partial charge on any atom is 0.433 e. The monoisotopic (exact) mass is 318 g/mol. The van der Waals surface area contributed by atoms with Crippen molar-refractivity contribution in [3.63, 3.8) is 0 Å². The summed E-state index contributed by atoms with van der Waals surface area (Å²) in [6.45, 7) is 0. The zero-order chi connectivity index (χ0) is 15.0. The Balaban J connectivity index is 1.72. The molecular formula is C11H9F3N4O2S. The van der Waals surface area contributed by atoms with Crippen LogP contribution in [0.2, 0.25) is 0 Å². The first kappa shape index (κ1) is 14.1. The van der Waals surface area contributed by atoms with Crippen LogP contribution < -0.4 is 5.56 Å². The lowest BCUT2D eigenvalue weighted by Gasteiger charge is -2.06. The van der Waals surface area contributed by atoms with Gasteiger partial charge in [-0.2, -0.15) is 13.2 Å². The first-order valence-corrected chi connectivity index (χ1v) is 7.04. The maximum absolute atomic E-state index is 12.5. The number of rotatable bonds is 4. The van der Waals surface area contributed by atoms with Gasteiger partial charge in [0, 0.05) is 12.0 Å². The van der Waals surface area contributed by atoms with Crippen LogP contribution in [0, 0.1) is 0 Å². The lowest BCUT2D eigenvalue weighted by Crippen LogP contribution is -2.16. The highest BCUT2D eigenvalue weighted by Crippen LogP contribution is 2.39. The van der Waals surface area contributed by atoms with Crippen LogP contribution in [0.1, 0.15) is 36.2 Å². The molecule has 2 heterocycles. The number of alkyl halides is 3. The minimum absolute atomic E-state index is 0.138. The first-order chi connectivity index (χ1) is 9.91. The fourth-order valence-electron chi connectivity index (χ4n) is 1.60. The van der Waals surface area contributed by atoms with E-state index in [-0.39, 0.29) is 10.9 Å². The zero-order valence-electron chi connectivity index (χ0n) is 10.5. The highest BCUT2D eigenvalue weighted by Gasteiger charge is 2.33. The van der Waals surface area contributed by atoms with Gasteiger partial charge < -0.3 is 9.40 Å². The number of thioether (sulfide) groups is 1. The van der Waals surface area contributed by atoms with Crippen molar-refractivity contribution >= 4 is 11.8 Å². The van der Waals surface area contributed by atoms with Crippen LogP contribution in [0.4, 0.5) is 13.2 Å². The Morgan fingerprint density at radius 1 is 1.38 bits per heavy atom. The van der Waals surface area contributed by atoms with Crippen molar-refractivity contribution < 1.29 is 17.6 Å². The topological polar surface area (TPSA) is 84.7 Å². The van der Waals surface area contributed by atoms with Crippen molar-refractivity contribution in [1.29, 1.82) is 0 Å². The fourth-order valence-corrected chi connectivity index (χ4v) is 2.31. The zero-order valence-corrected chi connectivity index (χ0v) is 11.3. The molecule has 0 saturated heterocycles. The van der Waals surface area contributed by atoms with Gasteiger partial charge in [0.05, 0.1) is 5.75 Å². The Bertz CT molecular complexity index is 708. The van der Waals surface area contributed by atoms with Crippen molar-refractivity contribution in [3.05, 3.63) is 33.9 Å². The molecule has 10 heteroatoms. The third-order valence-corrected chi connectivity index (χ3v) is 3.61. The van der Waals surface area contributed by atoms with Gasteiger partial charge >= 0.3 is 6.18 Å². The second kappa shape index (κ2) is 5.17. The molecule has 0 aromatic carbocycles. The van der Waals surface area contributed by atoms with E-state index in [4.69, 9.17) is 4.42 Å². The second-order valence-corrected chi connectivity index (χ2v) is 5.49. The number of aromatic nitrogens is 4. The molecule has 0 aliphatic heterocycles. The molecule has 1 fully saturated rings. The van der Waals surface area contributed by atoms with Gasteiger partial charge in [-0.05, 0) is 12.8 Å². The Kier molecular flexibility index (Phi) is 3.47. The Hall–Kier alpha value is -1.84. The van der Waals surface area contributed by atoms with E-state index in [0.29, 0.717) is 23.8 Å². The summed E-state index contributed by atoms with van der Waals surface area (Å²) in [6.07, 6.45) is -2.64. The SMILES string of the molecule is O=c1cc(C(F)(F)F)nc(SCc2nnc(C3CC3)o2)[nH]1. The van der Waals surface area contributed by atoms with E-state index in [9.17, 15) is 18.0 Å². The smallest absolute Gasteiger partial charge is 0.424 e. The summed E-state index contributed by atoms with van der Waals surface area (Å²) in [4.78, 5) is 16.8. The number of nitrogens with zero attached hydrogens (tertiary/aromatic N) is 3. The lowest BCUT2D eigenvalue weighted by molar-refractivity contribution is -0.141. The highest BCUT2D eigenvalue weighted by molar-refractivity contribution is 7.98. The minimum atomic E-state index is -4.66. The Morgan fingerprint density at radius 3 is 2.81 bits per heavy atom. The Morgan fingerprint density at radius 2 is 2.14 bits per heavy atom. The molecule has 1 aliphatic rings. The van der Waals surface area contributed by atoms with E-state index in [2.05, 4.69) is 20.2 Å². The van der Waals surface area contributed by atoms with Crippen LogP contribution in [-0.4, -0.2) is 20.2 Å². The molecule has 112 valence electrons. The van der Waals surface area contributed by atoms with Crippen LogP contribution in [0.3, 0.4) is 0 Å². The molecule has 0 atom stereocenters. The molecule has 1 N–H and O–H groups in total. The summed E-state index contributed by atoms with van der Waals surface area (Å²) < 4.78 is 43.0. The summed E-state index contributed by atoms with van der Waals surface area (Å²) >= 11 is 0.901. The Labute approximate surface area is 120 Å². The third-order valence-electron chi connectivity index (χ3n) is 2.75. The molecule has 2 aromatic rings. The molecule has 1 aliphatic carbocycles. The number of halogens is 3. The summed E-state index contributed by atoms with van der Waals surface area (Å²) in [7, 11) is 0. The maximum atomic E-state index is 12.5. The van der Waals surface area contributed by atoms with Gasteiger partial charge in [-0.25, -0.2) is 4.98 Å². The van der Waals surface area contributed by atoms with Gasteiger partial charge in [-0.1, -0.05) is 11.8 Å². The number of aromatic amines is 1. The predicted octanol–water partition coefficient (Wildman–Crippen LogP) is 2.34. The van der Waals surface area contributed by atoms with Gasteiger partial charge in [0.15, 0.2) is 10.9 Å². The summed E-state index contributed by atoms with van der Waals surface area (Å²) in [6, 6.07) is 0.419. The molecule has 0 bridgehead atoms. The van der Waals surface area contributed by atoms with E-state index in [1.165, 1.54) is 0 Å². The largest absolute Gasteiger partial charge is 0.433 e. The fraction of sp³-hybridized carbons (Fsp3) is 0.455. The number of nitrogens with one attached hydrogen (secondary N) is 1. The summed E-state index contributed by atoms with van der Waals surface area (Å²) in [5, 5.41) is 7.53. The van der Waals surface area contributed by atoms with E-state index in [0.717, 1.165) is 24.6 Å². The average molecular weight is 318 g/mol. The molecule has 0 unspecified atom stereocenters. The van der Waals surface area contributed by atoms with Gasteiger partial charge in [0.2, 0.25) is 11.8 Å². The van der Waals surface area contributed by atoms with Crippen molar-refractivity contribution in [1.82, 2.24) is 20.2 Å². The minimum Gasteiger partial charge on any atom is -0.424 e. The average Bonchev–Trinajstić information content (AvgIpc) is 3.14. The second-order valence-electron chi connectivity index (χ2n) is 4.53. The third kappa shape index (κ3) is 3.43. The quantitative estimate of drug-likeness (QED) is 0.688. The van der Waals surface area contributed by atoms with Crippen LogP contribution in [-0.2, 0) is 11.9 Å². The van der Waals surface area contributed by atoms with Crippen LogP contribution >= 0.6 is 11.8 Å². The van der Waals surface area contributed by atoms with Crippen LogP contribution in [0.25, 0.3) is 0 Å². The number of hydrogen-bond acceptors (Lipinski definition) is 6. The normalized spacial score (nSPS) is 15.4. The van der Waals surface area contributed by atoms with Gasteiger partial charge in [-0.3, -0.25) is 4.79 Å². The van der Waals surface area contributed by atoms with Crippen LogP contribution in [0.5, 0.6) is 0 Å². The predicted molar refractivity (Wildman–Crippen MR) is 65.7 cm³/mol. The van der Waals surface area contributed by atoms with Crippen molar-refractivity contribution in [2.75, 3.05) is 0 Å². The molecule has 2 aromatic heterocycles.